The van der Waals surface area contributed by atoms with Crippen molar-refractivity contribution in [1.29, 1.82) is 0 Å². The van der Waals surface area contributed by atoms with Gasteiger partial charge in [-0.15, -0.1) is 0 Å². The second kappa shape index (κ2) is 3.98. The van der Waals surface area contributed by atoms with Gasteiger partial charge in [-0.05, 0) is 28.4 Å². The summed E-state index contributed by atoms with van der Waals surface area (Å²) >= 11 is 3.36. The van der Waals surface area contributed by atoms with Crippen LogP contribution in [0.25, 0.3) is 11.3 Å². The molecule has 15 heavy (non-hydrogen) atoms. The molecule has 1 aromatic carbocycles. The van der Waals surface area contributed by atoms with Crippen molar-refractivity contribution in [1.82, 2.24) is 10.2 Å². The lowest BCUT2D eigenvalue weighted by molar-refractivity contribution is 0.111. The number of H-pyrrole nitrogens is 1. The van der Waals surface area contributed by atoms with E-state index < -0.39 is 0 Å². The largest absolute Gasteiger partial charge is 0.296 e. The number of aromatic nitrogens is 2. The molecule has 1 aromatic heterocycles. The van der Waals surface area contributed by atoms with Gasteiger partial charge in [0.1, 0.15) is 11.4 Å². The van der Waals surface area contributed by atoms with Crippen LogP contribution in [-0.2, 0) is 0 Å². The number of rotatable bonds is 2. The van der Waals surface area contributed by atoms with E-state index in [1.165, 1.54) is 0 Å². The monoisotopic (exact) mass is 264 g/mol. The summed E-state index contributed by atoms with van der Waals surface area (Å²) in [4.78, 5) is 10.7. The predicted molar refractivity (Wildman–Crippen MR) is 61.8 cm³/mol. The normalized spacial score (nSPS) is 10.3. The van der Waals surface area contributed by atoms with E-state index in [9.17, 15) is 4.79 Å². The van der Waals surface area contributed by atoms with Gasteiger partial charge in [-0.2, -0.15) is 5.10 Å². The van der Waals surface area contributed by atoms with E-state index in [2.05, 4.69) is 26.1 Å². The molecule has 4 heteroatoms. The maximum atomic E-state index is 10.7. The summed E-state index contributed by atoms with van der Waals surface area (Å²) in [7, 11) is 0. The van der Waals surface area contributed by atoms with Crippen molar-refractivity contribution in [3.8, 4) is 11.3 Å². The quantitative estimate of drug-likeness (QED) is 0.848. The molecule has 0 aliphatic rings. The minimum Gasteiger partial charge on any atom is -0.296 e. The third kappa shape index (κ3) is 1.72. The molecule has 0 aliphatic carbocycles. The Hall–Kier alpha value is -1.42. The summed E-state index contributed by atoms with van der Waals surface area (Å²) in [5, 5.41) is 6.80. The number of aryl methyl sites for hydroxylation is 1. The lowest BCUT2D eigenvalue weighted by atomic mass is 10.1. The average Bonchev–Trinajstić information content (AvgIpc) is 2.60. The van der Waals surface area contributed by atoms with Crippen molar-refractivity contribution >= 4 is 22.2 Å². The molecule has 2 aromatic rings. The summed E-state index contributed by atoms with van der Waals surface area (Å²) < 4.78 is 0.715. The minimum atomic E-state index is 0.466. The second-order valence-corrected chi connectivity index (χ2v) is 4.03. The van der Waals surface area contributed by atoms with Crippen LogP contribution < -0.4 is 0 Å². The molecule has 0 aliphatic heterocycles. The fourth-order valence-corrected chi connectivity index (χ4v) is 1.92. The first kappa shape index (κ1) is 10.1. The molecule has 0 amide bonds. The Balaban J connectivity index is 2.59. The zero-order chi connectivity index (χ0) is 10.8. The van der Waals surface area contributed by atoms with E-state index in [-0.39, 0.29) is 0 Å². The third-order valence-corrected chi connectivity index (χ3v) is 3.05. The SMILES string of the molecule is Cc1ccccc1-c1n[nH]c(C=O)c1Br. The number of carbonyl (C=O) groups excluding carboxylic acids is 1. The number of halogens is 1. The van der Waals surface area contributed by atoms with E-state index >= 15 is 0 Å². The zero-order valence-electron chi connectivity index (χ0n) is 8.12. The molecule has 0 saturated heterocycles. The van der Waals surface area contributed by atoms with Crippen molar-refractivity contribution in [3.63, 3.8) is 0 Å². The third-order valence-electron chi connectivity index (χ3n) is 2.25. The fraction of sp³-hybridized carbons (Fsp3) is 0.0909. The van der Waals surface area contributed by atoms with Crippen LogP contribution in [0, 0.1) is 6.92 Å². The first-order valence-electron chi connectivity index (χ1n) is 4.49. The highest BCUT2D eigenvalue weighted by Gasteiger charge is 2.12. The number of hydrogen-bond donors (Lipinski definition) is 1. The first-order valence-corrected chi connectivity index (χ1v) is 5.28. The zero-order valence-corrected chi connectivity index (χ0v) is 9.71. The Morgan fingerprint density at radius 2 is 2.13 bits per heavy atom. The maximum Gasteiger partial charge on any atom is 0.169 e. The van der Waals surface area contributed by atoms with Crippen LogP contribution in [0.2, 0.25) is 0 Å². The van der Waals surface area contributed by atoms with Gasteiger partial charge < -0.3 is 0 Å². The number of nitrogens with one attached hydrogen (secondary N) is 1. The molecule has 0 saturated carbocycles. The number of aldehydes is 1. The Morgan fingerprint density at radius 1 is 1.40 bits per heavy atom. The van der Waals surface area contributed by atoms with Crippen LogP contribution >= 0.6 is 15.9 Å². The molecular formula is C11H9BrN2O. The van der Waals surface area contributed by atoms with Gasteiger partial charge >= 0.3 is 0 Å². The van der Waals surface area contributed by atoms with Crippen molar-refractivity contribution < 1.29 is 4.79 Å². The van der Waals surface area contributed by atoms with E-state index in [0.29, 0.717) is 10.2 Å². The second-order valence-electron chi connectivity index (χ2n) is 3.23. The topological polar surface area (TPSA) is 45.8 Å². The van der Waals surface area contributed by atoms with Crippen molar-refractivity contribution in [2.45, 2.75) is 6.92 Å². The van der Waals surface area contributed by atoms with Crippen LogP contribution in [0.3, 0.4) is 0 Å². The van der Waals surface area contributed by atoms with Gasteiger partial charge in [-0.25, -0.2) is 0 Å². The van der Waals surface area contributed by atoms with E-state index in [4.69, 9.17) is 0 Å². The molecule has 1 heterocycles. The van der Waals surface area contributed by atoms with Gasteiger partial charge in [-0.1, -0.05) is 24.3 Å². The van der Waals surface area contributed by atoms with Gasteiger partial charge in [0.25, 0.3) is 0 Å². The Morgan fingerprint density at radius 3 is 2.73 bits per heavy atom. The molecule has 1 N–H and O–H groups in total. The molecule has 0 bridgehead atoms. The molecule has 76 valence electrons. The van der Waals surface area contributed by atoms with Crippen molar-refractivity contribution in [3.05, 3.63) is 40.0 Å². The van der Waals surface area contributed by atoms with E-state index in [1.807, 2.05) is 31.2 Å². The van der Waals surface area contributed by atoms with Crippen LogP contribution in [0.1, 0.15) is 16.1 Å². The number of carbonyl (C=O) groups is 1. The average molecular weight is 265 g/mol. The maximum absolute atomic E-state index is 10.7. The number of hydrogen-bond acceptors (Lipinski definition) is 2. The molecule has 3 nitrogen and oxygen atoms in total. The highest BCUT2D eigenvalue weighted by molar-refractivity contribution is 9.10. The molecule has 2 rings (SSSR count). The van der Waals surface area contributed by atoms with Crippen LogP contribution in [0.5, 0.6) is 0 Å². The van der Waals surface area contributed by atoms with Crippen LogP contribution in [0.15, 0.2) is 28.7 Å². The molecule has 0 radical (unpaired) electrons. The van der Waals surface area contributed by atoms with Gasteiger partial charge in [0.15, 0.2) is 6.29 Å². The van der Waals surface area contributed by atoms with Crippen LogP contribution in [-0.4, -0.2) is 16.5 Å². The Labute approximate surface area is 95.6 Å². The summed E-state index contributed by atoms with van der Waals surface area (Å²) in [5.41, 5.74) is 3.39. The van der Waals surface area contributed by atoms with E-state index in [0.717, 1.165) is 23.1 Å². The summed E-state index contributed by atoms with van der Waals surface area (Å²) in [6.45, 7) is 2.01. The molecule has 0 fully saturated rings. The van der Waals surface area contributed by atoms with Gasteiger partial charge in [0, 0.05) is 5.56 Å². The summed E-state index contributed by atoms with van der Waals surface area (Å²) in [6.07, 6.45) is 0.749. The lowest BCUT2D eigenvalue weighted by Gasteiger charge is -2.01. The van der Waals surface area contributed by atoms with Crippen molar-refractivity contribution in [2.75, 3.05) is 0 Å². The van der Waals surface area contributed by atoms with Gasteiger partial charge in [0.05, 0.1) is 4.47 Å². The number of aromatic amines is 1. The van der Waals surface area contributed by atoms with Crippen LogP contribution in [0.4, 0.5) is 0 Å². The standard InChI is InChI=1S/C11H9BrN2O/c1-7-4-2-3-5-8(7)11-10(12)9(6-15)13-14-11/h2-6H,1H3,(H,13,14). The van der Waals surface area contributed by atoms with Gasteiger partial charge in [0.2, 0.25) is 0 Å². The summed E-state index contributed by atoms with van der Waals surface area (Å²) in [6, 6.07) is 7.91. The Bertz CT molecular complexity index is 505. The number of nitrogens with zero attached hydrogens (tertiary/aromatic N) is 1. The smallest absolute Gasteiger partial charge is 0.169 e. The van der Waals surface area contributed by atoms with Gasteiger partial charge in [-0.3, -0.25) is 9.89 Å². The first-order chi connectivity index (χ1) is 7.24. The minimum absolute atomic E-state index is 0.466. The highest BCUT2D eigenvalue weighted by atomic mass is 79.9. The molecular weight excluding hydrogens is 256 g/mol. The fourth-order valence-electron chi connectivity index (χ4n) is 1.44. The molecule has 0 atom stereocenters. The molecule has 0 unspecified atom stereocenters. The molecule has 0 spiro atoms. The van der Waals surface area contributed by atoms with E-state index in [1.54, 1.807) is 0 Å². The van der Waals surface area contributed by atoms with Crippen molar-refractivity contribution in [2.24, 2.45) is 0 Å². The number of benzene rings is 1. The predicted octanol–water partition coefficient (Wildman–Crippen LogP) is 2.96. The summed E-state index contributed by atoms with van der Waals surface area (Å²) in [5.74, 6) is 0. The Kier molecular flexibility index (Phi) is 2.68. The highest BCUT2D eigenvalue weighted by Crippen LogP contribution is 2.29. The lowest BCUT2D eigenvalue weighted by Crippen LogP contribution is -1.83.